The summed E-state index contributed by atoms with van der Waals surface area (Å²) >= 11 is 7.29. The predicted molar refractivity (Wildman–Crippen MR) is 123 cm³/mol. The van der Waals surface area contributed by atoms with Gasteiger partial charge in [-0.15, -0.1) is 11.3 Å². The number of alkyl halides is 3. The van der Waals surface area contributed by atoms with Gasteiger partial charge in [-0.1, -0.05) is 54.1 Å². The third kappa shape index (κ3) is 5.18. The molecule has 0 aliphatic rings. The van der Waals surface area contributed by atoms with Crippen molar-refractivity contribution >= 4 is 50.8 Å². The molecule has 0 unspecified atom stereocenters. The van der Waals surface area contributed by atoms with Crippen molar-refractivity contribution in [3.05, 3.63) is 99.5 Å². The third-order valence-corrected chi connectivity index (χ3v) is 6.02. The third-order valence-electron chi connectivity index (χ3n) is 4.77. The second-order valence-electron chi connectivity index (χ2n) is 7.00. The lowest BCUT2D eigenvalue weighted by molar-refractivity contribution is -0.137. The normalized spacial score (nSPS) is 11.9. The SMILES string of the molecule is O=C(/C=C/c1cc(C(F)(F)F)ccc1Cl)Nc1ncc(Cc2cccc3ccccc23)s1. The molecule has 0 atom stereocenters. The van der Waals surface area contributed by atoms with Crippen LogP contribution in [0.2, 0.25) is 5.02 Å². The Morgan fingerprint density at radius 1 is 1.09 bits per heavy atom. The Morgan fingerprint density at radius 2 is 1.88 bits per heavy atom. The van der Waals surface area contributed by atoms with Crippen LogP contribution in [0.1, 0.15) is 21.6 Å². The second-order valence-corrected chi connectivity index (χ2v) is 8.53. The summed E-state index contributed by atoms with van der Waals surface area (Å²) in [5.41, 5.74) is 0.427. The molecule has 1 N–H and O–H groups in total. The Kier molecular flexibility index (Phi) is 6.30. The Balaban J connectivity index is 1.44. The van der Waals surface area contributed by atoms with Crippen LogP contribution in [0.25, 0.3) is 16.8 Å². The van der Waals surface area contributed by atoms with Gasteiger partial charge < -0.3 is 0 Å². The number of carbonyl (C=O) groups is 1. The molecule has 0 saturated carbocycles. The minimum Gasteiger partial charge on any atom is -0.298 e. The van der Waals surface area contributed by atoms with Gasteiger partial charge in [0, 0.05) is 28.6 Å². The Bertz CT molecular complexity index is 1310. The maximum absolute atomic E-state index is 12.9. The Hall–Kier alpha value is -3.16. The lowest BCUT2D eigenvalue weighted by Crippen LogP contribution is -2.07. The molecular weight excluding hydrogens is 457 g/mol. The monoisotopic (exact) mass is 472 g/mol. The van der Waals surface area contributed by atoms with Crippen LogP contribution in [0.4, 0.5) is 18.3 Å². The zero-order valence-corrected chi connectivity index (χ0v) is 18.1. The van der Waals surface area contributed by atoms with Crippen molar-refractivity contribution < 1.29 is 18.0 Å². The quantitative estimate of drug-likeness (QED) is 0.312. The molecule has 0 bridgehead atoms. The van der Waals surface area contributed by atoms with E-state index in [4.69, 9.17) is 11.6 Å². The van der Waals surface area contributed by atoms with Crippen LogP contribution in [0.5, 0.6) is 0 Å². The molecule has 4 rings (SSSR count). The highest BCUT2D eigenvalue weighted by molar-refractivity contribution is 7.15. The molecule has 1 amide bonds. The van der Waals surface area contributed by atoms with Gasteiger partial charge in [0.1, 0.15) is 0 Å². The van der Waals surface area contributed by atoms with E-state index in [0.717, 1.165) is 45.5 Å². The summed E-state index contributed by atoms with van der Waals surface area (Å²) in [5, 5.41) is 5.48. The van der Waals surface area contributed by atoms with E-state index in [-0.39, 0.29) is 10.6 Å². The highest BCUT2D eigenvalue weighted by Gasteiger charge is 2.30. The smallest absolute Gasteiger partial charge is 0.298 e. The maximum Gasteiger partial charge on any atom is 0.416 e. The fraction of sp³-hybridized carbons (Fsp3) is 0.0833. The summed E-state index contributed by atoms with van der Waals surface area (Å²) in [4.78, 5) is 17.4. The first-order valence-corrected chi connectivity index (χ1v) is 10.8. The van der Waals surface area contributed by atoms with Crippen LogP contribution >= 0.6 is 22.9 Å². The molecule has 0 aliphatic heterocycles. The molecule has 0 saturated heterocycles. The van der Waals surface area contributed by atoms with Crippen LogP contribution in [-0.4, -0.2) is 10.9 Å². The van der Waals surface area contributed by atoms with Crippen molar-refractivity contribution in [1.82, 2.24) is 4.98 Å². The zero-order valence-electron chi connectivity index (χ0n) is 16.5. The number of benzene rings is 3. The van der Waals surface area contributed by atoms with Crippen LogP contribution in [0.15, 0.2) is 72.9 Å². The summed E-state index contributed by atoms with van der Waals surface area (Å²) in [6, 6.07) is 17.2. The van der Waals surface area contributed by atoms with Gasteiger partial charge >= 0.3 is 6.18 Å². The van der Waals surface area contributed by atoms with E-state index in [2.05, 4.69) is 34.6 Å². The van der Waals surface area contributed by atoms with Crippen LogP contribution in [-0.2, 0) is 17.4 Å². The number of halogens is 4. The number of hydrogen-bond acceptors (Lipinski definition) is 3. The lowest BCUT2D eigenvalue weighted by Gasteiger charge is -2.08. The molecule has 0 spiro atoms. The van der Waals surface area contributed by atoms with Crippen molar-refractivity contribution in [3.8, 4) is 0 Å². The number of thiazole rings is 1. The van der Waals surface area contributed by atoms with E-state index >= 15 is 0 Å². The van der Waals surface area contributed by atoms with Gasteiger partial charge in [0.15, 0.2) is 5.13 Å². The lowest BCUT2D eigenvalue weighted by atomic mass is 10.0. The van der Waals surface area contributed by atoms with Gasteiger partial charge in [-0.05, 0) is 46.2 Å². The molecule has 1 heterocycles. The predicted octanol–water partition coefficient (Wildman–Crippen LogP) is 7.21. The first kappa shape index (κ1) is 22.0. The number of rotatable bonds is 5. The average molecular weight is 473 g/mol. The number of amides is 1. The summed E-state index contributed by atoms with van der Waals surface area (Å²) < 4.78 is 38.6. The van der Waals surface area contributed by atoms with Gasteiger partial charge in [-0.2, -0.15) is 13.2 Å². The van der Waals surface area contributed by atoms with Crippen molar-refractivity contribution in [1.29, 1.82) is 0 Å². The molecule has 3 aromatic carbocycles. The average Bonchev–Trinajstić information content (AvgIpc) is 3.19. The fourth-order valence-electron chi connectivity index (χ4n) is 3.24. The van der Waals surface area contributed by atoms with E-state index in [9.17, 15) is 18.0 Å². The first-order valence-electron chi connectivity index (χ1n) is 9.57. The van der Waals surface area contributed by atoms with Gasteiger partial charge in [-0.3, -0.25) is 10.1 Å². The number of aromatic nitrogens is 1. The van der Waals surface area contributed by atoms with E-state index in [1.807, 2.05) is 18.2 Å². The number of carbonyl (C=O) groups excluding carboxylic acids is 1. The van der Waals surface area contributed by atoms with E-state index in [0.29, 0.717) is 11.6 Å². The Labute approximate surface area is 191 Å². The molecule has 0 fully saturated rings. The van der Waals surface area contributed by atoms with Gasteiger partial charge in [0.05, 0.1) is 5.56 Å². The van der Waals surface area contributed by atoms with Gasteiger partial charge in [0.2, 0.25) is 5.91 Å². The minimum atomic E-state index is -4.49. The molecule has 4 aromatic rings. The van der Waals surface area contributed by atoms with Crippen LogP contribution in [0, 0.1) is 0 Å². The number of anilines is 1. The molecule has 162 valence electrons. The zero-order chi connectivity index (χ0) is 22.7. The van der Waals surface area contributed by atoms with Crippen LogP contribution in [0.3, 0.4) is 0 Å². The fourth-order valence-corrected chi connectivity index (χ4v) is 4.26. The van der Waals surface area contributed by atoms with E-state index in [1.165, 1.54) is 17.4 Å². The van der Waals surface area contributed by atoms with Crippen molar-refractivity contribution in [2.24, 2.45) is 0 Å². The molecule has 3 nitrogen and oxygen atoms in total. The topological polar surface area (TPSA) is 42.0 Å². The molecular formula is C24H16ClF3N2OS. The van der Waals surface area contributed by atoms with E-state index in [1.54, 1.807) is 6.20 Å². The summed E-state index contributed by atoms with van der Waals surface area (Å²) in [6.07, 6.45) is 0.265. The summed E-state index contributed by atoms with van der Waals surface area (Å²) in [7, 11) is 0. The van der Waals surface area contributed by atoms with Crippen molar-refractivity contribution in [3.63, 3.8) is 0 Å². The van der Waals surface area contributed by atoms with Crippen molar-refractivity contribution in [2.75, 3.05) is 5.32 Å². The number of nitrogens with zero attached hydrogens (tertiary/aromatic N) is 1. The summed E-state index contributed by atoms with van der Waals surface area (Å²) in [6.45, 7) is 0. The highest BCUT2D eigenvalue weighted by Crippen LogP contribution is 2.32. The molecule has 0 aliphatic carbocycles. The van der Waals surface area contributed by atoms with Crippen LogP contribution < -0.4 is 5.32 Å². The van der Waals surface area contributed by atoms with Gasteiger partial charge in [0.25, 0.3) is 0 Å². The first-order chi connectivity index (χ1) is 15.3. The van der Waals surface area contributed by atoms with E-state index < -0.39 is 17.6 Å². The maximum atomic E-state index is 12.9. The van der Waals surface area contributed by atoms with Crippen molar-refractivity contribution in [2.45, 2.75) is 12.6 Å². The largest absolute Gasteiger partial charge is 0.416 e. The number of nitrogens with one attached hydrogen (secondary N) is 1. The molecule has 8 heteroatoms. The molecule has 32 heavy (non-hydrogen) atoms. The molecule has 0 radical (unpaired) electrons. The Morgan fingerprint density at radius 3 is 2.69 bits per heavy atom. The summed E-state index contributed by atoms with van der Waals surface area (Å²) in [5.74, 6) is -0.510. The molecule has 1 aromatic heterocycles. The number of fused-ring (bicyclic) bond motifs is 1. The van der Waals surface area contributed by atoms with Gasteiger partial charge in [-0.25, -0.2) is 4.98 Å². The minimum absolute atomic E-state index is 0.104. The highest BCUT2D eigenvalue weighted by atomic mass is 35.5. The second kappa shape index (κ2) is 9.14. The standard InChI is InChI=1S/C24H16ClF3N2OS/c25-21-10-9-18(24(26,27)28)12-17(21)8-11-22(31)30-23-29-14-19(32-23)13-16-6-3-5-15-4-1-2-7-20(15)16/h1-12,14H,13H2,(H,29,30,31)/b11-8+. The number of hydrogen-bond donors (Lipinski definition) is 1.